The van der Waals surface area contributed by atoms with Gasteiger partial charge in [0.2, 0.25) is 11.8 Å². The second-order valence-electron chi connectivity index (χ2n) is 6.20. The Labute approximate surface area is 149 Å². The van der Waals surface area contributed by atoms with Crippen LogP contribution in [0, 0.1) is 13.8 Å². The average molecular weight is 338 g/mol. The van der Waals surface area contributed by atoms with Crippen molar-refractivity contribution in [3.8, 4) is 0 Å². The standard InChI is InChI=1S/C21H26N2O2/c1-5-16-11-8-12-17(6-2)21(16)23-19(25)13-18(24)22-20-14(3)9-7-10-15(20)4/h7-12H,5-6,13H2,1-4H3,(H,22,24)(H,23,25). The minimum atomic E-state index is -0.304. The van der Waals surface area contributed by atoms with E-state index >= 15 is 0 Å². The van der Waals surface area contributed by atoms with Crippen molar-refractivity contribution in [3.05, 3.63) is 58.7 Å². The molecule has 0 atom stereocenters. The van der Waals surface area contributed by atoms with E-state index in [1.165, 1.54) is 0 Å². The number of para-hydroxylation sites is 2. The molecule has 0 aliphatic heterocycles. The Morgan fingerprint density at radius 3 is 1.68 bits per heavy atom. The summed E-state index contributed by atoms with van der Waals surface area (Å²) in [5.74, 6) is -0.596. The van der Waals surface area contributed by atoms with Crippen molar-refractivity contribution in [1.82, 2.24) is 0 Å². The summed E-state index contributed by atoms with van der Waals surface area (Å²) in [4.78, 5) is 24.6. The highest BCUT2D eigenvalue weighted by molar-refractivity contribution is 6.08. The van der Waals surface area contributed by atoms with Gasteiger partial charge in [0.05, 0.1) is 0 Å². The molecule has 0 bridgehead atoms. The Hall–Kier alpha value is -2.62. The first-order chi connectivity index (χ1) is 12.0. The Morgan fingerprint density at radius 1 is 0.760 bits per heavy atom. The van der Waals surface area contributed by atoms with Crippen molar-refractivity contribution in [1.29, 1.82) is 0 Å². The fourth-order valence-corrected chi connectivity index (χ4v) is 2.93. The first kappa shape index (κ1) is 18.7. The first-order valence-electron chi connectivity index (χ1n) is 8.72. The summed E-state index contributed by atoms with van der Waals surface area (Å²) in [6, 6.07) is 11.8. The summed E-state index contributed by atoms with van der Waals surface area (Å²) < 4.78 is 0. The van der Waals surface area contributed by atoms with Gasteiger partial charge in [0.15, 0.2) is 0 Å². The summed E-state index contributed by atoms with van der Waals surface area (Å²) in [6.07, 6.45) is 1.46. The first-order valence-corrected chi connectivity index (χ1v) is 8.72. The predicted molar refractivity (Wildman–Crippen MR) is 103 cm³/mol. The molecule has 0 spiro atoms. The molecule has 4 nitrogen and oxygen atoms in total. The molecule has 2 aromatic carbocycles. The Kier molecular flexibility index (Phi) is 6.34. The number of carbonyl (C=O) groups is 2. The third kappa shape index (κ3) is 4.69. The van der Waals surface area contributed by atoms with Crippen LogP contribution in [-0.4, -0.2) is 11.8 Å². The van der Waals surface area contributed by atoms with Gasteiger partial charge in [-0.05, 0) is 48.9 Å². The monoisotopic (exact) mass is 338 g/mol. The van der Waals surface area contributed by atoms with Crippen molar-refractivity contribution in [3.63, 3.8) is 0 Å². The van der Waals surface area contributed by atoms with Gasteiger partial charge in [-0.3, -0.25) is 9.59 Å². The quantitative estimate of drug-likeness (QED) is 0.767. The minimum absolute atomic E-state index is 0.199. The van der Waals surface area contributed by atoms with Crippen LogP contribution in [0.3, 0.4) is 0 Å². The summed E-state index contributed by atoms with van der Waals surface area (Å²) in [5, 5.41) is 5.78. The summed E-state index contributed by atoms with van der Waals surface area (Å²) >= 11 is 0. The molecular weight excluding hydrogens is 312 g/mol. The maximum Gasteiger partial charge on any atom is 0.233 e. The van der Waals surface area contributed by atoms with E-state index in [2.05, 4.69) is 24.5 Å². The largest absolute Gasteiger partial charge is 0.325 e. The van der Waals surface area contributed by atoms with E-state index in [1.807, 2.05) is 50.2 Å². The lowest BCUT2D eigenvalue weighted by atomic mass is 10.0. The van der Waals surface area contributed by atoms with E-state index in [0.717, 1.165) is 46.5 Å². The molecule has 2 amide bonds. The van der Waals surface area contributed by atoms with E-state index in [0.29, 0.717) is 0 Å². The fraction of sp³-hybridized carbons (Fsp3) is 0.333. The minimum Gasteiger partial charge on any atom is -0.325 e. The van der Waals surface area contributed by atoms with Crippen molar-refractivity contribution in [2.24, 2.45) is 0 Å². The lowest BCUT2D eigenvalue weighted by molar-refractivity contribution is -0.123. The number of nitrogens with one attached hydrogen (secondary N) is 2. The Morgan fingerprint density at radius 2 is 1.20 bits per heavy atom. The highest BCUT2D eigenvalue weighted by Gasteiger charge is 2.15. The van der Waals surface area contributed by atoms with Gasteiger partial charge in [0.25, 0.3) is 0 Å². The molecule has 0 saturated carbocycles. The van der Waals surface area contributed by atoms with Crippen molar-refractivity contribution in [2.45, 2.75) is 47.0 Å². The van der Waals surface area contributed by atoms with Crippen LogP contribution in [0.1, 0.15) is 42.5 Å². The van der Waals surface area contributed by atoms with Gasteiger partial charge >= 0.3 is 0 Å². The van der Waals surface area contributed by atoms with Gasteiger partial charge in [-0.25, -0.2) is 0 Å². The van der Waals surface area contributed by atoms with Crippen LogP contribution < -0.4 is 10.6 Å². The van der Waals surface area contributed by atoms with Crippen LogP contribution in [0.5, 0.6) is 0 Å². The number of anilines is 2. The van der Waals surface area contributed by atoms with E-state index in [1.54, 1.807) is 0 Å². The smallest absolute Gasteiger partial charge is 0.233 e. The normalized spacial score (nSPS) is 10.4. The highest BCUT2D eigenvalue weighted by atomic mass is 16.2. The van der Waals surface area contributed by atoms with Crippen LogP contribution in [0.25, 0.3) is 0 Å². The number of benzene rings is 2. The van der Waals surface area contributed by atoms with Gasteiger partial charge in [-0.1, -0.05) is 50.2 Å². The molecular formula is C21H26N2O2. The van der Waals surface area contributed by atoms with E-state index in [-0.39, 0.29) is 18.2 Å². The predicted octanol–water partition coefficient (Wildman–Crippen LogP) is 4.40. The lowest BCUT2D eigenvalue weighted by Crippen LogP contribution is -2.23. The number of rotatable bonds is 6. The molecule has 0 heterocycles. The van der Waals surface area contributed by atoms with E-state index in [4.69, 9.17) is 0 Å². The van der Waals surface area contributed by atoms with Crippen molar-refractivity contribution in [2.75, 3.05) is 10.6 Å². The summed E-state index contributed by atoms with van der Waals surface area (Å²) in [7, 11) is 0. The number of hydrogen-bond acceptors (Lipinski definition) is 2. The number of hydrogen-bond donors (Lipinski definition) is 2. The molecule has 0 aliphatic carbocycles. The lowest BCUT2D eigenvalue weighted by Gasteiger charge is -2.15. The van der Waals surface area contributed by atoms with Crippen molar-refractivity contribution >= 4 is 23.2 Å². The summed E-state index contributed by atoms with van der Waals surface area (Å²) in [5.41, 5.74) is 5.77. The van der Waals surface area contributed by atoms with Crippen molar-refractivity contribution < 1.29 is 9.59 Å². The second-order valence-corrected chi connectivity index (χ2v) is 6.20. The Balaban J connectivity index is 2.07. The average Bonchev–Trinajstić information content (AvgIpc) is 2.58. The summed E-state index contributed by atoms with van der Waals surface area (Å²) in [6.45, 7) is 7.98. The molecule has 0 radical (unpaired) electrons. The van der Waals surface area contributed by atoms with Crippen LogP contribution in [-0.2, 0) is 22.4 Å². The van der Waals surface area contributed by atoms with Crippen LogP contribution in [0.4, 0.5) is 11.4 Å². The zero-order valence-electron chi connectivity index (χ0n) is 15.4. The van der Waals surface area contributed by atoms with Gasteiger partial charge in [0.1, 0.15) is 6.42 Å². The van der Waals surface area contributed by atoms with Gasteiger partial charge < -0.3 is 10.6 Å². The zero-order chi connectivity index (χ0) is 18.4. The highest BCUT2D eigenvalue weighted by Crippen LogP contribution is 2.23. The second kappa shape index (κ2) is 8.47. The van der Waals surface area contributed by atoms with Gasteiger partial charge in [-0.2, -0.15) is 0 Å². The van der Waals surface area contributed by atoms with Gasteiger partial charge in [-0.15, -0.1) is 0 Å². The third-order valence-electron chi connectivity index (χ3n) is 4.33. The molecule has 2 N–H and O–H groups in total. The molecule has 132 valence electrons. The van der Waals surface area contributed by atoms with Crippen LogP contribution in [0.15, 0.2) is 36.4 Å². The topological polar surface area (TPSA) is 58.2 Å². The van der Waals surface area contributed by atoms with Gasteiger partial charge in [0, 0.05) is 11.4 Å². The number of aryl methyl sites for hydroxylation is 4. The van der Waals surface area contributed by atoms with E-state index in [9.17, 15) is 9.59 Å². The molecule has 0 saturated heterocycles. The number of amides is 2. The zero-order valence-corrected chi connectivity index (χ0v) is 15.4. The molecule has 25 heavy (non-hydrogen) atoms. The molecule has 2 aromatic rings. The Bertz CT molecular complexity index is 739. The molecule has 0 unspecified atom stereocenters. The molecule has 2 rings (SSSR count). The number of carbonyl (C=O) groups excluding carboxylic acids is 2. The maximum absolute atomic E-state index is 12.3. The fourth-order valence-electron chi connectivity index (χ4n) is 2.93. The van der Waals surface area contributed by atoms with E-state index < -0.39 is 0 Å². The molecule has 4 heteroatoms. The molecule has 0 aliphatic rings. The van der Waals surface area contributed by atoms with Crippen LogP contribution in [0.2, 0.25) is 0 Å². The third-order valence-corrected chi connectivity index (χ3v) is 4.33. The molecule has 0 fully saturated rings. The van der Waals surface area contributed by atoms with Crippen LogP contribution >= 0.6 is 0 Å². The SMILES string of the molecule is CCc1cccc(CC)c1NC(=O)CC(=O)Nc1c(C)cccc1C. The maximum atomic E-state index is 12.3. The molecule has 0 aromatic heterocycles.